The van der Waals surface area contributed by atoms with Crippen LogP contribution in [0.25, 0.3) is 0 Å². The lowest BCUT2D eigenvalue weighted by atomic mass is 10.1. The molecule has 1 aliphatic rings. The van der Waals surface area contributed by atoms with Gasteiger partial charge >= 0.3 is 0 Å². The summed E-state index contributed by atoms with van der Waals surface area (Å²) in [5.41, 5.74) is 9.53. The van der Waals surface area contributed by atoms with E-state index in [1.807, 2.05) is 29.2 Å². The maximum Gasteiger partial charge on any atom is 0.166 e. The zero-order valence-corrected chi connectivity index (χ0v) is 15.9. The van der Waals surface area contributed by atoms with Gasteiger partial charge in [-0.15, -0.1) is 0 Å². The number of benzene rings is 2. The van der Waals surface area contributed by atoms with E-state index in [2.05, 4.69) is 29.2 Å². The Kier molecular flexibility index (Phi) is 6.30. The van der Waals surface area contributed by atoms with E-state index in [9.17, 15) is 0 Å². The molecular weight excluding hydrogens is 346 g/mol. The largest absolute Gasteiger partial charge is 0.497 e. The third-order valence-electron chi connectivity index (χ3n) is 4.50. The highest BCUT2D eigenvalue weighted by Gasteiger charge is 2.13. The van der Waals surface area contributed by atoms with Crippen molar-refractivity contribution in [2.75, 3.05) is 38.3 Å². The summed E-state index contributed by atoms with van der Waals surface area (Å²) in [5.74, 6) is 0.842. The molecule has 0 spiro atoms. The molecule has 0 aromatic heterocycles. The van der Waals surface area contributed by atoms with E-state index in [1.165, 1.54) is 11.3 Å². The lowest BCUT2D eigenvalue weighted by Gasteiger charge is -2.29. The second kappa shape index (κ2) is 8.87. The molecule has 0 amide bonds. The van der Waals surface area contributed by atoms with Crippen molar-refractivity contribution in [1.29, 1.82) is 0 Å². The number of thiocarbonyl (C=S) groups is 1. The first-order chi connectivity index (χ1) is 12.7. The molecule has 5 nitrogen and oxygen atoms in total. The minimum Gasteiger partial charge on any atom is -0.497 e. The number of nitrogens with zero attached hydrogens (tertiary/aromatic N) is 2. The van der Waals surface area contributed by atoms with E-state index in [0.717, 1.165) is 37.6 Å². The summed E-state index contributed by atoms with van der Waals surface area (Å²) in [4.78, 5) is 4.36. The van der Waals surface area contributed by atoms with Gasteiger partial charge in [0.1, 0.15) is 5.75 Å². The molecule has 1 heterocycles. The van der Waals surface area contributed by atoms with Crippen LogP contribution in [0.3, 0.4) is 0 Å². The van der Waals surface area contributed by atoms with Crippen molar-refractivity contribution in [3.05, 3.63) is 59.7 Å². The minimum atomic E-state index is 0.401. The third-order valence-corrected chi connectivity index (χ3v) is 4.76. The third kappa shape index (κ3) is 4.86. The average Bonchev–Trinajstić information content (AvgIpc) is 2.69. The normalized spacial score (nSPS) is 14.1. The van der Waals surface area contributed by atoms with Crippen LogP contribution in [0.5, 0.6) is 5.75 Å². The predicted molar refractivity (Wildman–Crippen MR) is 109 cm³/mol. The van der Waals surface area contributed by atoms with Crippen molar-refractivity contribution >= 4 is 23.0 Å². The molecule has 0 unspecified atom stereocenters. The molecule has 0 bridgehead atoms. The zero-order chi connectivity index (χ0) is 18.4. The van der Waals surface area contributed by atoms with Gasteiger partial charge in [0.2, 0.25) is 0 Å². The Balaban J connectivity index is 1.70. The number of anilines is 1. The summed E-state index contributed by atoms with van der Waals surface area (Å²) >= 11 is 5.27. The van der Waals surface area contributed by atoms with Crippen molar-refractivity contribution in [3.8, 4) is 5.75 Å². The number of morpholine rings is 1. The number of hydrogen-bond donors (Lipinski definition) is 1. The predicted octanol–water partition coefficient (Wildman–Crippen LogP) is 2.78. The fourth-order valence-electron chi connectivity index (χ4n) is 3.06. The van der Waals surface area contributed by atoms with Crippen LogP contribution in [-0.4, -0.2) is 43.4 Å². The van der Waals surface area contributed by atoms with Gasteiger partial charge in [0.15, 0.2) is 5.11 Å². The van der Waals surface area contributed by atoms with E-state index >= 15 is 0 Å². The van der Waals surface area contributed by atoms with E-state index in [-0.39, 0.29) is 0 Å². The number of nitrogens with two attached hydrogens (primary N) is 1. The van der Waals surface area contributed by atoms with Crippen molar-refractivity contribution in [2.45, 2.75) is 13.1 Å². The van der Waals surface area contributed by atoms with Gasteiger partial charge in [-0.05, 0) is 47.6 Å². The van der Waals surface area contributed by atoms with Crippen LogP contribution < -0.4 is 15.4 Å². The molecule has 1 aliphatic heterocycles. The maximum absolute atomic E-state index is 5.98. The quantitative estimate of drug-likeness (QED) is 0.788. The van der Waals surface area contributed by atoms with Crippen LogP contribution in [0.15, 0.2) is 48.5 Å². The van der Waals surface area contributed by atoms with E-state index in [0.29, 0.717) is 18.2 Å². The Morgan fingerprint density at radius 1 is 1.12 bits per heavy atom. The average molecular weight is 372 g/mol. The smallest absolute Gasteiger partial charge is 0.166 e. The molecule has 3 rings (SSSR count). The summed E-state index contributed by atoms with van der Waals surface area (Å²) < 4.78 is 10.6. The first-order valence-electron chi connectivity index (χ1n) is 8.74. The summed E-state index contributed by atoms with van der Waals surface area (Å²) in [6, 6.07) is 16.5. The van der Waals surface area contributed by atoms with Gasteiger partial charge in [-0.25, -0.2) is 0 Å². The first-order valence-corrected chi connectivity index (χ1v) is 9.15. The standard InChI is InChI=1S/C20H25N3O2S/c1-24-19-7-5-16(6-8-19)14-23(20(21)26)15-17-3-2-4-18(13-17)22-9-11-25-12-10-22/h2-8,13H,9-12,14-15H2,1H3,(H2,21,26). The van der Waals surface area contributed by atoms with Gasteiger partial charge in [0.25, 0.3) is 0 Å². The first kappa shape index (κ1) is 18.5. The Bertz CT molecular complexity index is 730. The lowest BCUT2D eigenvalue weighted by Crippen LogP contribution is -2.36. The van der Waals surface area contributed by atoms with Gasteiger partial charge in [-0.3, -0.25) is 0 Å². The van der Waals surface area contributed by atoms with Gasteiger partial charge in [-0.1, -0.05) is 24.3 Å². The van der Waals surface area contributed by atoms with Crippen LogP contribution in [0.1, 0.15) is 11.1 Å². The Labute approximate surface area is 160 Å². The van der Waals surface area contributed by atoms with Crippen LogP contribution in [0, 0.1) is 0 Å². The second-order valence-corrected chi connectivity index (χ2v) is 6.73. The van der Waals surface area contributed by atoms with Crippen LogP contribution in [0.2, 0.25) is 0 Å². The summed E-state index contributed by atoms with van der Waals surface area (Å²) in [5, 5.41) is 0.401. The molecule has 2 N–H and O–H groups in total. The van der Waals surface area contributed by atoms with Crippen LogP contribution in [-0.2, 0) is 17.8 Å². The van der Waals surface area contributed by atoms with Crippen molar-refractivity contribution in [3.63, 3.8) is 0 Å². The topological polar surface area (TPSA) is 51.0 Å². The molecule has 0 aliphatic carbocycles. The molecule has 6 heteroatoms. The molecule has 2 aromatic rings. The fourth-order valence-corrected chi connectivity index (χ4v) is 3.19. The monoisotopic (exact) mass is 371 g/mol. The van der Waals surface area contributed by atoms with Gasteiger partial charge in [0, 0.05) is 31.9 Å². The highest BCUT2D eigenvalue weighted by atomic mass is 32.1. The molecule has 0 saturated carbocycles. The number of methoxy groups -OCH3 is 1. The minimum absolute atomic E-state index is 0.401. The van der Waals surface area contributed by atoms with Crippen molar-refractivity contribution in [2.24, 2.45) is 5.73 Å². The summed E-state index contributed by atoms with van der Waals surface area (Å²) in [6.45, 7) is 4.75. The second-order valence-electron chi connectivity index (χ2n) is 6.31. The lowest BCUT2D eigenvalue weighted by molar-refractivity contribution is 0.122. The van der Waals surface area contributed by atoms with E-state index in [1.54, 1.807) is 7.11 Å². The fraction of sp³-hybridized carbons (Fsp3) is 0.350. The molecule has 1 saturated heterocycles. The summed E-state index contributed by atoms with van der Waals surface area (Å²) in [7, 11) is 1.66. The SMILES string of the molecule is COc1ccc(CN(Cc2cccc(N3CCOCC3)c2)C(N)=S)cc1. The number of rotatable bonds is 6. The highest BCUT2D eigenvalue weighted by molar-refractivity contribution is 7.80. The molecule has 1 fully saturated rings. The Hall–Kier alpha value is -2.31. The Morgan fingerprint density at radius 2 is 1.81 bits per heavy atom. The van der Waals surface area contributed by atoms with Gasteiger partial charge in [0.05, 0.1) is 20.3 Å². The maximum atomic E-state index is 5.98. The van der Waals surface area contributed by atoms with Gasteiger partial charge in [-0.2, -0.15) is 0 Å². The highest BCUT2D eigenvalue weighted by Crippen LogP contribution is 2.20. The zero-order valence-electron chi connectivity index (χ0n) is 15.1. The summed E-state index contributed by atoms with van der Waals surface area (Å²) in [6.07, 6.45) is 0. The molecular formula is C20H25N3O2S. The van der Waals surface area contributed by atoms with Crippen molar-refractivity contribution < 1.29 is 9.47 Å². The molecule has 0 atom stereocenters. The molecule has 138 valence electrons. The van der Waals surface area contributed by atoms with E-state index < -0.39 is 0 Å². The molecule has 0 radical (unpaired) electrons. The molecule has 2 aromatic carbocycles. The number of hydrogen-bond acceptors (Lipinski definition) is 4. The van der Waals surface area contributed by atoms with Crippen molar-refractivity contribution in [1.82, 2.24) is 4.90 Å². The van der Waals surface area contributed by atoms with E-state index in [4.69, 9.17) is 27.4 Å². The number of ether oxygens (including phenoxy) is 2. The van der Waals surface area contributed by atoms with Crippen LogP contribution >= 0.6 is 12.2 Å². The van der Waals surface area contributed by atoms with Crippen LogP contribution in [0.4, 0.5) is 5.69 Å². The van der Waals surface area contributed by atoms with Gasteiger partial charge < -0.3 is 25.0 Å². The molecule has 26 heavy (non-hydrogen) atoms. The Morgan fingerprint density at radius 3 is 2.46 bits per heavy atom.